The molecule has 1 aliphatic rings. The summed E-state index contributed by atoms with van der Waals surface area (Å²) in [7, 11) is 5.86. The molecule has 0 N–H and O–H groups in total. The molecule has 4 rings (SSSR count). The van der Waals surface area contributed by atoms with Gasteiger partial charge in [0.2, 0.25) is 0 Å². The van der Waals surface area contributed by atoms with Gasteiger partial charge in [-0.15, -0.1) is 0 Å². The number of para-hydroxylation sites is 1. The van der Waals surface area contributed by atoms with Crippen molar-refractivity contribution in [1.82, 2.24) is 24.6 Å². The highest BCUT2D eigenvalue weighted by Gasteiger charge is 2.28. The van der Waals surface area contributed by atoms with Gasteiger partial charge in [-0.05, 0) is 38.4 Å². The lowest BCUT2D eigenvalue weighted by molar-refractivity contribution is -0.0247. The summed E-state index contributed by atoms with van der Waals surface area (Å²) in [5, 5.41) is 4.22. The molecular formula is C24H29N5O3. The van der Waals surface area contributed by atoms with Crippen LogP contribution >= 0.6 is 0 Å². The number of amides is 1. The number of benzene rings is 1. The maximum atomic E-state index is 13.3. The Morgan fingerprint density at radius 3 is 2.84 bits per heavy atom. The smallest absolute Gasteiger partial charge is 0.257 e. The number of carbonyl (C=O) groups excluding carboxylic acids is 1. The molecule has 1 saturated heterocycles. The molecule has 0 spiro atoms. The van der Waals surface area contributed by atoms with E-state index in [1.807, 2.05) is 79.6 Å². The first-order valence-corrected chi connectivity index (χ1v) is 10.7. The predicted octanol–water partition coefficient (Wildman–Crippen LogP) is 2.64. The van der Waals surface area contributed by atoms with Crippen LogP contribution in [0.25, 0.3) is 11.3 Å². The van der Waals surface area contributed by atoms with Crippen molar-refractivity contribution >= 4 is 5.91 Å². The molecule has 0 radical (unpaired) electrons. The summed E-state index contributed by atoms with van der Waals surface area (Å²) < 4.78 is 13.6. The SMILES string of the molecule is CN(C)CCOc1ccccc1C(=O)N1CCOC(c2cccc(-c3cnn(C)c3)n2)C1. The van der Waals surface area contributed by atoms with Gasteiger partial charge in [0.25, 0.3) is 5.91 Å². The molecule has 1 amide bonds. The summed E-state index contributed by atoms with van der Waals surface area (Å²) in [5.74, 6) is 0.557. The summed E-state index contributed by atoms with van der Waals surface area (Å²) in [6.07, 6.45) is 3.43. The number of hydrogen-bond acceptors (Lipinski definition) is 6. The van der Waals surface area contributed by atoms with Crippen LogP contribution in [0.3, 0.4) is 0 Å². The number of likely N-dealkylation sites (N-methyl/N-ethyl adjacent to an activating group) is 1. The van der Waals surface area contributed by atoms with E-state index in [0.717, 1.165) is 23.5 Å². The Kier molecular flexibility index (Phi) is 6.82. The Bertz CT molecular complexity index is 1070. The van der Waals surface area contributed by atoms with Crippen molar-refractivity contribution < 1.29 is 14.3 Å². The van der Waals surface area contributed by atoms with Gasteiger partial charge in [-0.1, -0.05) is 18.2 Å². The molecule has 2 aromatic heterocycles. The molecule has 1 aliphatic heterocycles. The molecule has 0 bridgehead atoms. The molecule has 1 atom stereocenters. The second-order valence-corrected chi connectivity index (χ2v) is 8.11. The van der Waals surface area contributed by atoms with Gasteiger partial charge in [0.05, 0.1) is 36.3 Å². The molecule has 168 valence electrons. The Labute approximate surface area is 188 Å². The number of rotatable bonds is 7. The molecule has 3 aromatic rings. The van der Waals surface area contributed by atoms with E-state index >= 15 is 0 Å². The number of morpholine rings is 1. The third kappa shape index (κ3) is 5.15. The largest absolute Gasteiger partial charge is 0.491 e. The molecular weight excluding hydrogens is 406 g/mol. The van der Waals surface area contributed by atoms with Crippen LogP contribution in [0, 0.1) is 0 Å². The van der Waals surface area contributed by atoms with Crippen LogP contribution in [0.1, 0.15) is 22.2 Å². The van der Waals surface area contributed by atoms with Gasteiger partial charge >= 0.3 is 0 Å². The van der Waals surface area contributed by atoms with Gasteiger partial charge in [0.15, 0.2) is 0 Å². The number of nitrogens with zero attached hydrogens (tertiary/aromatic N) is 5. The van der Waals surface area contributed by atoms with E-state index in [2.05, 4.69) is 5.10 Å². The molecule has 0 saturated carbocycles. The lowest BCUT2D eigenvalue weighted by Crippen LogP contribution is -2.42. The summed E-state index contributed by atoms with van der Waals surface area (Å²) in [6, 6.07) is 13.3. The first-order chi connectivity index (χ1) is 15.5. The van der Waals surface area contributed by atoms with Gasteiger partial charge in [-0.25, -0.2) is 4.98 Å². The summed E-state index contributed by atoms with van der Waals surface area (Å²) >= 11 is 0. The molecule has 1 aromatic carbocycles. The maximum absolute atomic E-state index is 13.3. The van der Waals surface area contributed by atoms with Crippen molar-refractivity contribution in [3.63, 3.8) is 0 Å². The molecule has 3 heterocycles. The zero-order valence-corrected chi connectivity index (χ0v) is 18.8. The zero-order chi connectivity index (χ0) is 22.5. The van der Waals surface area contributed by atoms with Crippen molar-refractivity contribution in [1.29, 1.82) is 0 Å². The first kappa shape index (κ1) is 22.0. The van der Waals surface area contributed by atoms with Crippen LogP contribution in [0.15, 0.2) is 54.9 Å². The Morgan fingerprint density at radius 2 is 2.06 bits per heavy atom. The third-order valence-corrected chi connectivity index (χ3v) is 5.37. The number of hydrogen-bond donors (Lipinski definition) is 0. The van der Waals surface area contributed by atoms with Gasteiger partial charge < -0.3 is 19.3 Å². The fraction of sp³-hybridized carbons (Fsp3) is 0.375. The maximum Gasteiger partial charge on any atom is 0.257 e. The van der Waals surface area contributed by atoms with Gasteiger partial charge in [-0.2, -0.15) is 5.10 Å². The fourth-order valence-electron chi connectivity index (χ4n) is 3.64. The number of ether oxygens (including phenoxy) is 2. The fourth-order valence-corrected chi connectivity index (χ4v) is 3.64. The average Bonchev–Trinajstić information content (AvgIpc) is 3.25. The van der Waals surface area contributed by atoms with Crippen LogP contribution < -0.4 is 4.74 Å². The van der Waals surface area contributed by atoms with Gasteiger partial charge in [0.1, 0.15) is 18.5 Å². The Morgan fingerprint density at radius 1 is 1.22 bits per heavy atom. The summed E-state index contributed by atoms with van der Waals surface area (Å²) in [6.45, 7) is 2.73. The predicted molar refractivity (Wildman–Crippen MR) is 122 cm³/mol. The zero-order valence-electron chi connectivity index (χ0n) is 18.8. The van der Waals surface area contributed by atoms with Crippen LogP contribution in [0.4, 0.5) is 0 Å². The van der Waals surface area contributed by atoms with Crippen molar-refractivity contribution in [2.75, 3.05) is 46.9 Å². The molecule has 8 heteroatoms. The minimum atomic E-state index is -0.286. The van der Waals surface area contributed by atoms with Crippen molar-refractivity contribution in [3.8, 4) is 17.0 Å². The van der Waals surface area contributed by atoms with E-state index in [-0.39, 0.29) is 12.0 Å². The minimum Gasteiger partial charge on any atom is -0.491 e. The Balaban J connectivity index is 1.48. The highest BCUT2D eigenvalue weighted by molar-refractivity contribution is 5.97. The van der Waals surface area contributed by atoms with Crippen LogP contribution in [-0.2, 0) is 11.8 Å². The summed E-state index contributed by atoms with van der Waals surface area (Å²) in [5.41, 5.74) is 3.16. The topological polar surface area (TPSA) is 72.7 Å². The Hall–Kier alpha value is -3.23. The standard InChI is InChI=1S/C24H29N5O3/c1-27(2)11-13-31-22-10-5-4-7-19(22)24(30)29-12-14-32-23(17-29)21-9-6-8-20(26-21)18-15-25-28(3)16-18/h4-10,15-16,23H,11-14,17H2,1-3H3. The molecule has 1 unspecified atom stereocenters. The van der Waals surface area contributed by atoms with Crippen molar-refractivity contribution in [3.05, 3.63) is 66.1 Å². The lowest BCUT2D eigenvalue weighted by atomic mass is 10.1. The quantitative estimate of drug-likeness (QED) is 0.568. The first-order valence-electron chi connectivity index (χ1n) is 10.7. The van der Waals surface area contributed by atoms with Crippen LogP contribution in [0.2, 0.25) is 0 Å². The average molecular weight is 436 g/mol. The number of pyridine rings is 1. The van der Waals surface area contributed by atoms with Crippen molar-refractivity contribution in [2.24, 2.45) is 7.05 Å². The number of aromatic nitrogens is 3. The van der Waals surface area contributed by atoms with E-state index in [0.29, 0.717) is 37.6 Å². The monoisotopic (exact) mass is 435 g/mol. The molecule has 1 fully saturated rings. The highest BCUT2D eigenvalue weighted by Crippen LogP contribution is 2.27. The normalized spacial score (nSPS) is 16.4. The van der Waals surface area contributed by atoms with E-state index in [4.69, 9.17) is 14.5 Å². The van der Waals surface area contributed by atoms with E-state index < -0.39 is 0 Å². The second-order valence-electron chi connectivity index (χ2n) is 8.11. The van der Waals surface area contributed by atoms with Crippen LogP contribution in [-0.4, -0.2) is 77.4 Å². The van der Waals surface area contributed by atoms with Gasteiger partial charge in [-0.3, -0.25) is 9.48 Å². The second kappa shape index (κ2) is 9.93. The molecule has 8 nitrogen and oxygen atoms in total. The molecule has 32 heavy (non-hydrogen) atoms. The number of aryl methyl sites for hydroxylation is 1. The highest BCUT2D eigenvalue weighted by atomic mass is 16.5. The van der Waals surface area contributed by atoms with Crippen molar-refractivity contribution in [2.45, 2.75) is 6.10 Å². The minimum absolute atomic E-state index is 0.0535. The van der Waals surface area contributed by atoms with E-state index in [9.17, 15) is 4.79 Å². The lowest BCUT2D eigenvalue weighted by Gasteiger charge is -2.33. The van der Waals surface area contributed by atoms with Gasteiger partial charge in [0, 0.05) is 31.9 Å². The van der Waals surface area contributed by atoms with Crippen LogP contribution in [0.5, 0.6) is 5.75 Å². The summed E-state index contributed by atoms with van der Waals surface area (Å²) in [4.78, 5) is 22.0. The number of carbonyl (C=O) groups is 1. The third-order valence-electron chi connectivity index (χ3n) is 5.37. The van der Waals surface area contributed by atoms with E-state index in [1.54, 1.807) is 10.9 Å². The van der Waals surface area contributed by atoms with E-state index in [1.165, 1.54) is 0 Å². The molecule has 0 aliphatic carbocycles.